The van der Waals surface area contributed by atoms with Crippen LogP contribution in [-0.2, 0) is 19.5 Å². The number of hydrogen-bond acceptors (Lipinski definition) is 8. The SMILES string of the molecule is CCCCCCCCCCCCOc1cccc(OCCCCCCCCCCCC)c1-c1c2nc(c(C#Cc3ccc(C(=O)O)cc3)c3ccc([n-]3)c(-c3c(OCCCCCCCCCCCC)cccc3OCCCCCCCCCCCC)c3nc(c(C#Cc4ccc(C(=O)O)cc4)c4ccc1[n-]4)C=C3)C=C2.[Zn+2]. The Hall–Kier alpha value is -8.64. The largest absolute Gasteiger partial charge is 2.00 e. The maximum Gasteiger partial charge on any atom is 2.00 e. The zero-order chi connectivity index (χ0) is 77.0. The third kappa shape index (κ3) is 29.1. The van der Waals surface area contributed by atoms with E-state index in [1.807, 2.05) is 85.0 Å². The van der Waals surface area contributed by atoms with Gasteiger partial charge in [-0.1, -0.05) is 319 Å². The van der Waals surface area contributed by atoms with Gasteiger partial charge in [-0.05, 0) is 123 Å². The molecule has 586 valence electrons. The minimum atomic E-state index is -1.02. The summed E-state index contributed by atoms with van der Waals surface area (Å²) in [6, 6.07) is 33.4. The molecule has 13 heteroatoms. The van der Waals surface area contributed by atoms with E-state index in [0.29, 0.717) is 128 Å². The van der Waals surface area contributed by atoms with E-state index in [4.69, 9.17) is 38.9 Å². The van der Waals surface area contributed by atoms with Gasteiger partial charge in [-0.3, -0.25) is 0 Å². The minimum Gasteiger partial charge on any atom is -0.656 e. The molecular formula is C98H124N4O8Zn. The molecule has 2 aliphatic rings. The third-order valence-corrected chi connectivity index (χ3v) is 21.0. The summed E-state index contributed by atoms with van der Waals surface area (Å²) in [6.45, 7) is 11.1. The summed E-state index contributed by atoms with van der Waals surface area (Å²) in [7, 11) is 0. The van der Waals surface area contributed by atoms with Gasteiger partial charge in [-0.2, -0.15) is 0 Å². The number of carboxylic acid groups (broad SMARTS) is 2. The second-order valence-electron chi connectivity index (χ2n) is 30.0. The van der Waals surface area contributed by atoms with E-state index in [1.54, 1.807) is 48.5 Å². The molecule has 12 nitrogen and oxygen atoms in total. The van der Waals surface area contributed by atoms with E-state index >= 15 is 0 Å². The normalized spacial score (nSPS) is 11.4. The molecule has 0 saturated carbocycles. The van der Waals surface area contributed by atoms with Crippen LogP contribution in [0.15, 0.2) is 109 Å². The minimum absolute atomic E-state index is 0. The fraction of sp³-hybridized carbons (Fsp3) is 0.490. The summed E-state index contributed by atoms with van der Waals surface area (Å²) >= 11 is 0. The van der Waals surface area contributed by atoms with Crippen LogP contribution in [-0.4, -0.2) is 58.5 Å². The average Bonchev–Trinajstić information content (AvgIpc) is 1.64. The van der Waals surface area contributed by atoms with Gasteiger partial charge >= 0.3 is 31.4 Å². The van der Waals surface area contributed by atoms with Crippen molar-refractivity contribution in [2.24, 2.45) is 0 Å². The van der Waals surface area contributed by atoms with E-state index in [1.165, 1.54) is 180 Å². The van der Waals surface area contributed by atoms with E-state index in [2.05, 4.69) is 51.4 Å². The van der Waals surface area contributed by atoms with E-state index in [0.717, 1.165) is 88.2 Å². The van der Waals surface area contributed by atoms with Gasteiger partial charge in [0.2, 0.25) is 0 Å². The van der Waals surface area contributed by atoms with Crippen LogP contribution in [0.25, 0.3) is 68.6 Å². The number of ether oxygens (including phenoxy) is 4. The molecule has 3 aromatic heterocycles. The molecule has 0 amide bonds. The fourth-order valence-electron chi connectivity index (χ4n) is 14.6. The van der Waals surface area contributed by atoms with E-state index in [-0.39, 0.29) is 30.6 Å². The number of fused-ring (bicyclic) bond motifs is 8. The Kier molecular flexibility index (Phi) is 40.5. The van der Waals surface area contributed by atoms with Crippen molar-refractivity contribution in [2.75, 3.05) is 26.4 Å². The number of benzene rings is 4. The Morgan fingerprint density at radius 1 is 0.297 bits per heavy atom. The summed E-state index contributed by atoms with van der Waals surface area (Å²) in [5.74, 6) is 14.5. The third-order valence-electron chi connectivity index (χ3n) is 21.0. The summed E-state index contributed by atoms with van der Waals surface area (Å²) < 4.78 is 28.0. The zero-order valence-electron chi connectivity index (χ0n) is 67.7. The quantitative estimate of drug-likeness (QED) is 0.0211. The van der Waals surface area contributed by atoms with Crippen LogP contribution in [0.3, 0.4) is 0 Å². The van der Waals surface area contributed by atoms with Crippen LogP contribution in [0.1, 0.15) is 350 Å². The van der Waals surface area contributed by atoms with Gasteiger partial charge in [0.25, 0.3) is 0 Å². The van der Waals surface area contributed by atoms with E-state index in [9.17, 15) is 19.8 Å². The molecular weight excluding hydrogens is 1430 g/mol. The number of carbonyl (C=O) groups is 2. The Morgan fingerprint density at radius 2 is 0.541 bits per heavy atom. The van der Waals surface area contributed by atoms with Crippen molar-refractivity contribution < 1.29 is 58.2 Å². The Morgan fingerprint density at radius 3 is 0.802 bits per heavy atom. The van der Waals surface area contributed by atoms with Crippen LogP contribution in [0.4, 0.5) is 0 Å². The molecule has 0 radical (unpaired) electrons. The van der Waals surface area contributed by atoms with Crippen molar-refractivity contribution in [1.29, 1.82) is 0 Å². The van der Waals surface area contributed by atoms with Crippen LogP contribution in [0.2, 0.25) is 0 Å². The first-order valence-electron chi connectivity index (χ1n) is 42.7. The first kappa shape index (κ1) is 87.9. The van der Waals surface area contributed by atoms with Crippen molar-refractivity contribution in [1.82, 2.24) is 19.9 Å². The average molecular weight is 1550 g/mol. The van der Waals surface area contributed by atoms with Gasteiger partial charge in [-0.25, -0.2) is 19.6 Å². The van der Waals surface area contributed by atoms with Crippen LogP contribution < -0.4 is 28.9 Å². The predicted molar refractivity (Wildman–Crippen MR) is 456 cm³/mol. The molecule has 5 heterocycles. The van der Waals surface area contributed by atoms with Crippen molar-refractivity contribution in [2.45, 2.75) is 285 Å². The first-order valence-corrected chi connectivity index (χ1v) is 42.7. The van der Waals surface area contributed by atoms with Crippen LogP contribution in [0, 0.1) is 23.7 Å². The van der Waals surface area contributed by atoms with Gasteiger partial charge in [0.15, 0.2) is 0 Å². The van der Waals surface area contributed by atoms with Gasteiger partial charge in [0.1, 0.15) is 23.0 Å². The van der Waals surface area contributed by atoms with Crippen molar-refractivity contribution in [3.8, 4) is 68.9 Å². The molecule has 4 aromatic carbocycles. The standard InChI is InChI=1S/C98H126N4O8.Zn/c1-5-9-13-17-21-25-29-33-37-41-71-107-89-47-45-48-90(108-72-42-38-34-30-26-22-18-14-10-6-2)95(89)93-85-67-63-81(99-85)79(61-55-75-51-57-77(58-52-75)97(103)104)83-65-69-87(101-83)94(88-70-66-84(102-88)80(82-64-68-86(93)100-82)62-56-76-53-59-78(60-54-76)98(105)106)96-91(109-73-43-39-35-31-27-23-19-15-11-7-3)49-46-50-92(96)110-74-44-40-36-32-28-24-20-16-12-8-4;/h45-54,57-60,63-70H,5-44,71-74H2,1-4H3,(H4,99,100,101,102,103,104,105,106);/q;+2/p-2. The van der Waals surface area contributed by atoms with Gasteiger partial charge in [-0.15, -0.1) is 22.1 Å². The summed E-state index contributed by atoms with van der Waals surface area (Å²) in [4.78, 5) is 46.7. The van der Waals surface area contributed by atoms with Crippen LogP contribution >= 0.6 is 0 Å². The molecule has 0 unspecified atom stereocenters. The molecule has 2 N–H and O–H groups in total. The maximum absolute atomic E-state index is 12.1. The van der Waals surface area contributed by atoms with Crippen molar-refractivity contribution >= 4 is 58.3 Å². The Bertz CT molecular complexity index is 3970. The number of hydrogen-bond donors (Lipinski definition) is 2. The Balaban J connectivity index is 0.0000155. The van der Waals surface area contributed by atoms with Gasteiger partial charge in [0.05, 0.1) is 71.5 Å². The predicted octanol–water partition coefficient (Wildman–Crippen LogP) is 26.6. The number of aromatic carboxylic acids is 2. The second kappa shape index (κ2) is 51.1. The monoisotopic (exact) mass is 1550 g/mol. The number of rotatable bonds is 52. The first-order chi connectivity index (χ1) is 54.2. The summed E-state index contributed by atoms with van der Waals surface area (Å²) in [5, 5.41) is 19.8. The molecule has 0 fully saturated rings. The topological polar surface area (TPSA) is 166 Å². The molecule has 0 aliphatic carbocycles. The zero-order valence-corrected chi connectivity index (χ0v) is 70.6. The van der Waals surface area contributed by atoms with E-state index < -0.39 is 11.9 Å². The summed E-state index contributed by atoms with van der Waals surface area (Å²) in [6.07, 6.45) is 56.3. The molecule has 111 heavy (non-hydrogen) atoms. The van der Waals surface area contributed by atoms with Gasteiger partial charge in [0, 0.05) is 33.4 Å². The fourth-order valence-corrected chi connectivity index (χ4v) is 14.6. The van der Waals surface area contributed by atoms with Crippen molar-refractivity contribution in [3.63, 3.8) is 0 Å². The summed E-state index contributed by atoms with van der Waals surface area (Å²) in [5.41, 5.74) is 10.2. The molecule has 7 aromatic rings. The molecule has 0 saturated heterocycles. The molecule has 0 atom stereocenters. The molecule has 0 spiro atoms. The maximum atomic E-state index is 12.1. The number of aromatic nitrogens is 4. The van der Waals surface area contributed by atoms with Crippen LogP contribution in [0.5, 0.6) is 23.0 Å². The van der Waals surface area contributed by atoms with Crippen molar-refractivity contribution in [3.05, 3.63) is 165 Å². The molecule has 9 rings (SSSR count). The Labute approximate surface area is 677 Å². The number of carboxylic acids is 2. The number of nitrogens with zero attached hydrogens (tertiary/aromatic N) is 4. The smallest absolute Gasteiger partial charge is 0.656 e. The second-order valence-corrected chi connectivity index (χ2v) is 30.0. The molecule has 2 aliphatic heterocycles. The molecule has 8 bridgehead atoms. The number of unbranched alkanes of at least 4 members (excludes halogenated alkanes) is 36. The van der Waals surface area contributed by atoms with Gasteiger partial charge < -0.3 is 39.1 Å².